The van der Waals surface area contributed by atoms with E-state index in [1.54, 1.807) is 45.0 Å². The number of benzene rings is 1. The summed E-state index contributed by atoms with van der Waals surface area (Å²) in [6.45, 7) is 5.40. The summed E-state index contributed by atoms with van der Waals surface area (Å²) < 4.78 is 4.54. The first-order valence-electron chi connectivity index (χ1n) is 6.70. The summed E-state index contributed by atoms with van der Waals surface area (Å²) >= 11 is 0. The molecule has 22 heavy (non-hydrogen) atoms. The van der Waals surface area contributed by atoms with Crippen LogP contribution in [0.15, 0.2) is 24.3 Å². The van der Waals surface area contributed by atoms with Crippen molar-refractivity contribution in [3.8, 4) is 0 Å². The van der Waals surface area contributed by atoms with Gasteiger partial charge in [0.05, 0.1) is 7.11 Å². The van der Waals surface area contributed by atoms with Crippen LogP contribution in [0.25, 0.3) is 11.0 Å². The molecule has 118 valence electrons. The Morgan fingerprint density at radius 1 is 1.27 bits per heavy atom. The fourth-order valence-electron chi connectivity index (χ4n) is 1.86. The minimum absolute atomic E-state index is 0.557. The van der Waals surface area contributed by atoms with Crippen molar-refractivity contribution in [2.75, 3.05) is 7.11 Å². The zero-order chi connectivity index (χ0) is 16.3. The molecule has 0 bridgehead atoms. The van der Waals surface area contributed by atoms with Gasteiger partial charge in [0.1, 0.15) is 17.1 Å². The fourth-order valence-corrected chi connectivity index (χ4v) is 1.86. The molecule has 0 saturated carbocycles. The largest absolute Gasteiger partial charge is 0.453 e. The number of rotatable bonds is 3. The van der Waals surface area contributed by atoms with Gasteiger partial charge in [-0.3, -0.25) is 0 Å². The van der Waals surface area contributed by atoms with E-state index in [0.29, 0.717) is 11.0 Å². The van der Waals surface area contributed by atoms with Crippen LogP contribution in [-0.2, 0) is 9.53 Å². The third kappa shape index (κ3) is 3.33. The lowest BCUT2D eigenvalue weighted by Gasteiger charge is -2.28. The Labute approximate surface area is 127 Å². The number of aromatic nitrogens is 3. The highest BCUT2D eigenvalue weighted by molar-refractivity contribution is 5.83. The van der Waals surface area contributed by atoms with Gasteiger partial charge < -0.3 is 14.9 Å². The van der Waals surface area contributed by atoms with Gasteiger partial charge in [-0.1, -0.05) is 37.7 Å². The van der Waals surface area contributed by atoms with E-state index in [0.717, 1.165) is 4.85 Å². The molecule has 2 rings (SSSR count). The SMILES string of the molecule is COC(=O)NC(C(=O)On1nnc2ccccc21)C(C)(C)C. The molecular formula is C14H18N4O4. The van der Waals surface area contributed by atoms with Crippen LogP contribution in [0.1, 0.15) is 20.8 Å². The topological polar surface area (TPSA) is 95.3 Å². The minimum Gasteiger partial charge on any atom is -0.453 e. The Bertz CT molecular complexity index is 689. The van der Waals surface area contributed by atoms with Crippen molar-refractivity contribution >= 4 is 23.1 Å². The second-order valence-corrected chi connectivity index (χ2v) is 5.80. The molecule has 0 aliphatic rings. The maximum atomic E-state index is 12.4. The van der Waals surface area contributed by atoms with Gasteiger partial charge in [0.25, 0.3) is 0 Å². The summed E-state index contributed by atoms with van der Waals surface area (Å²) in [6.07, 6.45) is -0.708. The first kappa shape index (κ1) is 15.7. The molecule has 0 aliphatic heterocycles. The van der Waals surface area contributed by atoms with Gasteiger partial charge in [-0.25, -0.2) is 9.59 Å². The van der Waals surface area contributed by atoms with Crippen molar-refractivity contribution in [2.24, 2.45) is 5.41 Å². The van der Waals surface area contributed by atoms with Crippen LogP contribution in [0.4, 0.5) is 4.79 Å². The van der Waals surface area contributed by atoms with E-state index in [2.05, 4.69) is 20.4 Å². The van der Waals surface area contributed by atoms with Crippen molar-refractivity contribution in [2.45, 2.75) is 26.8 Å². The standard InChI is InChI=1S/C14H18N4O4/c1-14(2,3)11(15-13(20)21-4)12(19)22-18-10-8-6-5-7-9(10)16-17-18/h5-8,11H,1-4H3,(H,15,20). The van der Waals surface area contributed by atoms with Crippen LogP contribution < -0.4 is 10.2 Å². The summed E-state index contributed by atoms with van der Waals surface area (Å²) in [6, 6.07) is 6.16. The van der Waals surface area contributed by atoms with Crippen molar-refractivity contribution in [1.82, 2.24) is 20.5 Å². The van der Waals surface area contributed by atoms with Gasteiger partial charge in [-0.2, -0.15) is 0 Å². The number of methoxy groups -OCH3 is 1. The molecule has 1 aromatic carbocycles. The number of amides is 1. The zero-order valence-electron chi connectivity index (χ0n) is 12.9. The average molecular weight is 306 g/mol. The van der Waals surface area contributed by atoms with Crippen molar-refractivity contribution in [3.05, 3.63) is 24.3 Å². The highest BCUT2D eigenvalue weighted by Gasteiger charge is 2.35. The number of hydrogen-bond acceptors (Lipinski definition) is 6. The van der Waals surface area contributed by atoms with E-state index in [1.165, 1.54) is 7.11 Å². The predicted octanol–water partition coefficient (Wildman–Crippen LogP) is 1.16. The monoisotopic (exact) mass is 306 g/mol. The highest BCUT2D eigenvalue weighted by atomic mass is 16.7. The number of alkyl carbamates (subject to hydrolysis) is 1. The number of carbonyl (C=O) groups is 2. The molecule has 1 atom stereocenters. The molecule has 1 aromatic heterocycles. The van der Waals surface area contributed by atoms with E-state index >= 15 is 0 Å². The lowest BCUT2D eigenvalue weighted by molar-refractivity contribution is -0.150. The Morgan fingerprint density at radius 3 is 2.59 bits per heavy atom. The molecular weight excluding hydrogens is 288 g/mol. The normalized spacial score (nSPS) is 12.7. The molecule has 0 fully saturated rings. The number of carbonyl (C=O) groups excluding carboxylic acids is 2. The lowest BCUT2D eigenvalue weighted by atomic mass is 9.87. The molecule has 0 spiro atoms. The van der Waals surface area contributed by atoms with Crippen LogP contribution >= 0.6 is 0 Å². The lowest BCUT2D eigenvalue weighted by Crippen LogP contribution is -2.52. The Morgan fingerprint density at radius 2 is 1.95 bits per heavy atom. The van der Waals surface area contributed by atoms with Gasteiger partial charge in [-0.15, -0.1) is 5.10 Å². The number of nitrogens with zero attached hydrogens (tertiary/aromatic N) is 3. The van der Waals surface area contributed by atoms with Crippen LogP contribution in [0.2, 0.25) is 0 Å². The summed E-state index contributed by atoms with van der Waals surface area (Å²) in [4.78, 5) is 30.1. The summed E-state index contributed by atoms with van der Waals surface area (Å²) in [5, 5.41) is 10.1. The van der Waals surface area contributed by atoms with Gasteiger partial charge in [0.15, 0.2) is 0 Å². The number of nitrogens with one attached hydrogen (secondary N) is 1. The average Bonchev–Trinajstić information content (AvgIpc) is 2.86. The molecule has 8 nitrogen and oxygen atoms in total. The summed E-state index contributed by atoms with van der Waals surface area (Å²) in [5.41, 5.74) is 0.590. The second kappa shape index (κ2) is 6.00. The van der Waals surface area contributed by atoms with Gasteiger partial charge in [-0.05, 0) is 22.8 Å². The van der Waals surface area contributed by atoms with Crippen LogP contribution in [-0.4, -0.2) is 40.4 Å². The molecule has 1 N–H and O–H groups in total. The fraction of sp³-hybridized carbons (Fsp3) is 0.429. The Balaban J connectivity index is 2.22. The smallest absolute Gasteiger partial charge is 0.407 e. The number of ether oxygens (including phenoxy) is 1. The molecule has 1 amide bonds. The van der Waals surface area contributed by atoms with Gasteiger partial charge in [0, 0.05) is 0 Å². The molecule has 8 heteroatoms. The quantitative estimate of drug-likeness (QED) is 0.855. The number of para-hydroxylation sites is 1. The van der Waals surface area contributed by atoms with Crippen molar-refractivity contribution in [1.29, 1.82) is 0 Å². The van der Waals surface area contributed by atoms with E-state index in [9.17, 15) is 9.59 Å². The van der Waals surface area contributed by atoms with Gasteiger partial charge in [0.2, 0.25) is 0 Å². The minimum atomic E-state index is -0.900. The maximum Gasteiger partial charge on any atom is 0.407 e. The molecule has 2 aromatic rings. The number of fused-ring (bicyclic) bond motifs is 1. The summed E-state index contributed by atoms with van der Waals surface area (Å²) in [7, 11) is 1.23. The van der Waals surface area contributed by atoms with Crippen molar-refractivity contribution < 1.29 is 19.2 Å². The Hall–Kier alpha value is -2.64. The Kier molecular flexibility index (Phi) is 4.30. The molecule has 0 aliphatic carbocycles. The van der Waals surface area contributed by atoms with Gasteiger partial charge >= 0.3 is 12.1 Å². The maximum absolute atomic E-state index is 12.4. The zero-order valence-corrected chi connectivity index (χ0v) is 12.9. The molecule has 0 radical (unpaired) electrons. The van der Waals surface area contributed by atoms with E-state index in [-0.39, 0.29) is 0 Å². The first-order valence-corrected chi connectivity index (χ1v) is 6.70. The first-order chi connectivity index (χ1) is 10.3. The highest BCUT2D eigenvalue weighted by Crippen LogP contribution is 2.20. The van der Waals surface area contributed by atoms with Crippen LogP contribution in [0.3, 0.4) is 0 Å². The summed E-state index contributed by atoms with van der Waals surface area (Å²) in [5.74, 6) is -0.659. The third-order valence-electron chi connectivity index (χ3n) is 3.05. The van der Waals surface area contributed by atoms with Crippen molar-refractivity contribution in [3.63, 3.8) is 0 Å². The molecule has 0 saturated heterocycles. The van der Waals surface area contributed by atoms with E-state index in [1.807, 2.05) is 0 Å². The third-order valence-corrected chi connectivity index (χ3v) is 3.05. The van der Waals surface area contributed by atoms with E-state index in [4.69, 9.17) is 4.84 Å². The van der Waals surface area contributed by atoms with Crippen LogP contribution in [0.5, 0.6) is 0 Å². The van der Waals surface area contributed by atoms with Crippen LogP contribution in [0, 0.1) is 5.41 Å². The number of hydrogen-bond donors (Lipinski definition) is 1. The molecule has 1 heterocycles. The van der Waals surface area contributed by atoms with E-state index < -0.39 is 23.5 Å². The predicted molar refractivity (Wildman–Crippen MR) is 77.9 cm³/mol. The molecule has 1 unspecified atom stereocenters. The second-order valence-electron chi connectivity index (χ2n) is 5.80.